The van der Waals surface area contributed by atoms with Crippen molar-refractivity contribution in [1.29, 1.82) is 0 Å². The topological polar surface area (TPSA) is 54.9 Å². The molecule has 1 aliphatic heterocycles. The van der Waals surface area contributed by atoms with E-state index < -0.39 is 0 Å². The molecule has 1 heterocycles. The van der Waals surface area contributed by atoms with Crippen molar-refractivity contribution in [3.63, 3.8) is 0 Å². The molecule has 4 nitrogen and oxygen atoms in total. The Balaban J connectivity index is 2.05. The number of quaternary nitrogens is 1. The minimum absolute atomic E-state index is 0.0514. The Morgan fingerprint density at radius 3 is 3.00 bits per heavy atom. The summed E-state index contributed by atoms with van der Waals surface area (Å²) in [4.78, 5) is 11.3. The number of hydrogen-bond donors (Lipinski definition) is 2. The van der Waals surface area contributed by atoms with Crippen LogP contribution in [0.1, 0.15) is 24.8 Å². The average Bonchev–Trinajstić information content (AvgIpc) is 2.60. The van der Waals surface area contributed by atoms with Crippen LogP contribution >= 0.6 is 0 Å². The molecule has 22 heavy (non-hydrogen) atoms. The maximum absolute atomic E-state index is 11.3. The highest BCUT2D eigenvalue weighted by Crippen LogP contribution is 2.42. The molecular weight excluding hydrogens is 276 g/mol. The van der Waals surface area contributed by atoms with Crippen molar-refractivity contribution in [3.05, 3.63) is 41.5 Å². The van der Waals surface area contributed by atoms with Crippen molar-refractivity contribution < 1.29 is 14.8 Å². The summed E-state index contributed by atoms with van der Waals surface area (Å²) in [5.41, 5.74) is 4.10. The summed E-state index contributed by atoms with van der Waals surface area (Å²) in [6.45, 7) is 0. The summed E-state index contributed by atoms with van der Waals surface area (Å²) in [5, 5.41) is 5.17. The molecular formula is C18H22N2O2. The minimum atomic E-state index is -0.0514. The molecule has 2 unspecified atom stereocenters. The molecule has 3 rings (SSSR count). The van der Waals surface area contributed by atoms with E-state index in [-0.39, 0.29) is 12.1 Å². The SMILES string of the molecule is CNc1ccc2c(c1)OC([NH2+]C)C=C2C1CCCC=C1[C-]=O. The first-order chi connectivity index (χ1) is 10.8. The molecule has 0 fully saturated rings. The number of likely N-dealkylation sites (N-methyl/N-ethyl adjacent to an activating group) is 1. The molecule has 0 saturated heterocycles. The molecule has 0 bridgehead atoms. The normalized spacial score (nSPS) is 23.7. The molecule has 0 saturated carbocycles. The molecule has 2 atom stereocenters. The van der Waals surface area contributed by atoms with Crippen LogP contribution in [0.5, 0.6) is 5.75 Å². The maximum Gasteiger partial charge on any atom is 0.250 e. The fraction of sp³-hybridized carbons (Fsp3) is 0.389. The summed E-state index contributed by atoms with van der Waals surface area (Å²) >= 11 is 0. The van der Waals surface area contributed by atoms with Gasteiger partial charge < -0.3 is 20.2 Å². The monoisotopic (exact) mass is 298 g/mol. The van der Waals surface area contributed by atoms with Crippen LogP contribution in [0.4, 0.5) is 5.69 Å². The number of fused-ring (bicyclic) bond motifs is 1. The number of nitrogens with two attached hydrogens (primary N) is 1. The van der Waals surface area contributed by atoms with Gasteiger partial charge in [-0.25, -0.2) is 6.08 Å². The second-order valence-electron chi connectivity index (χ2n) is 5.74. The number of carbonyl (C=O) groups excluding carboxylic acids is 1. The van der Waals surface area contributed by atoms with E-state index in [1.807, 2.05) is 37.6 Å². The minimum Gasteiger partial charge on any atom is -0.438 e. The first-order valence-electron chi connectivity index (χ1n) is 7.85. The van der Waals surface area contributed by atoms with Crippen LogP contribution in [-0.2, 0) is 4.79 Å². The molecule has 0 amide bonds. The van der Waals surface area contributed by atoms with Gasteiger partial charge in [-0.1, -0.05) is 6.42 Å². The number of benzene rings is 1. The molecule has 4 heteroatoms. The number of hydrogen-bond acceptors (Lipinski definition) is 3. The lowest BCUT2D eigenvalue weighted by Crippen LogP contribution is -2.87. The van der Waals surface area contributed by atoms with Gasteiger partial charge in [0, 0.05) is 30.4 Å². The Bertz CT molecular complexity index is 634. The van der Waals surface area contributed by atoms with E-state index in [0.29, 0.717) is 0 Å². The van der Waals surface area contributed by atoms with Gasteiger partial charge in [0.05, 0.1) is 7.05 Å². The highest BCUT2D eigenvalue weighted by atomic mass is 16.5. The van der Waals surface area contributed by atoms with E-state index in [4.69, 9.17) is 4.74 Å². The summed E-state index contributed by atoms with van der Waals surface area (Å²) in [7, 11) is 3.89. The number of ether oxygens (including phenoxy) is 1. The predicted octanol–water partition coefficient (Wildman–Crippen LogP) is 1.86. The lowest BCUT2D eigenvalue weighted by Gasteiger charge is -2.33. The van der Waals surface area contributed by atoms with Gasteiger partial charge in [-0.3, -0.25) is 0 Å². The van der Waals surface area contributed by atoms with Gasteiger partial charge in [0.25, 0.3) is 6.23 Å². The van der Waals surface area contributed by atoms with Gasteiger partial charge in [-0.15, -0.1) is 6.42 Å². The summed E-state index contributed by atoms with van der Waals surface area (Å²) in [6.07, 6.45) is 9.34. The van der Waals surface area contributed by atoms with Crippen LogP contribution in [0.15, 0.2) is 35.9 Å². The van der Waals surface area contributed by atoms with Gasteiger partial charge >= 0.3 is 0 Å². The van der Waals surface area contributed by atoms with Crippen LogP contribution < -0.4 is 15.4 Å². The third-order valence-electron chi connectivity index (χ3n) is 4.45. The lowest BCUT2D eigenvalue weighted by molar-refractivity contribution is -0.682. The van der Waals surface area contributed by atoms with Crippen molar-refractivity contribution in [2.24, 2.45) is 5.92 Å². The van der Waals surface area contributed by atoms with Gasteiger partial charge in [0.2, 0.25) is 0 Å². The zero-order chi connectivity index (χ0) is 15.5. The smallest absolute Gasteiger partial charge is 0.250 e. The van der Waals surface area contributed by atoms with Gasteiger partial charge in [-0.2, -0.15) is 5.57 Å². The van der Waals surface area contributed by atoms with Crippen molar-refractivity contribution >= 4 is 17.5 Å². The Labute approximate surface area is 131 Å². The highest BCUT2D eigenvalue weighted by molar-refractivity contribution is 5.85. The number of rotatable bonds is 4. The van der Waals surface area contributed by atoms with Crippen LogP contribution in [0.25, 0.3) is 5.57 Å². The average molecular weight is 298 g/mol. The van der Waals surface area contributed by atoms with E-state index in [1.165, 1.54) is 5.57 Å². The number of nitrogens with one attached hydrogen (secondary N) is 1. The van der Waals surface area contributed by atoms with Crippen LogP contribution in [0.3, 0.4) is 0 Å². The van der Waals surface area contributed by atoms with Crippen molar-refractivity contribution in [2.45, 2.75) is 25.5 Å². The van der Waals surface area contributed by atoms with E-state index >= 15 is 0 Å². The van der Waals surface area contributed by atoms with Gasteiger partial charge in [0.15, 0.2) is 0 Å². The van der Waals surface area contributed by atoms with E-state index in [0.717, 1.165) is 41.8 Å². The Hall–Kier alpha value is -2.07. The third kappa shape index (κ3) is 2.66. The number of anilines is 1. The molecule has 116 valence electrons. The highest BCUT2D eigenvalue weighted by Gasteiger charge is 2.27. The van der Waals surface area contributed by atoms with Crippen molar-refractivity contribution in [3.8, 4) is 5.75 Å². The zero-order valence-electron chi connectivity index (χ0n) is 13.1. The lowest BCUT2D eigenvalue weighted by atomic mass is 9.79. The largest absolute Gasteiger partial charge is 0.438 e. The molecule has 1 aromatic rings. The van der Waals surface area contributed by atoms with Crippen LogP contribution in [0.2, 0.25) is 0 Å². The van der Waals surface area contributed by atoms with Crippen molar-refractivity contribution in [2.75, 3.05) is 19.4 Å². The molecule has 0 spiro atoms. The quantitative estimate of drug-likeness (QED) is 0.834. The first kappa shape index (κ1) is 14.9. The Morgan fingerprint density at radius 2 is 2.27 bits per heavy atom. The standard InChI is InChI=1S/C18H21N2O2/c1-19-13-7-8-15-16(10-18(20-2)22-17(15)9-13)14-6-4-3-5-12(14)11-21/h5,7-10,14,18-20H,3-4,6H2,1-2H3/q-1/p+1. The summed E-state index contributed by atoms with van der Waals surface area (Å²) in [6, 6.07) is 6.15. The molecule has 0 radical (unpaired) electrons. The second kappa shape index (κ2) is 6.36. The summed E-state index contributed by atoms with van der Waals surface area (Å²) < 4.78 is 6.02. The van der Waals surface area contributed by atoms with Crippen molar-refractivity contribution in [1.82, 2.24) is 0 Å². The predicted molar refractivity (Wildman–Crippen MR) is 87.3 cm³/mol. The Morgan fingerprint density at radius 1 is 1.41 bits per heavy atom. The summed E-state index contributed by atoms with van der Waals surface area (Å²) in [5.74, 6) is 1.01. The van der Waals surface area contributed by atoms with Crippen LogP contribution in [-0.4, -0.2) is 26.6 Å². The molecule has 3 N–H and O–H groups in total. The molecule has 1 aliphatic carbocycles. The molecule has 2 aliphatic rings. The fourth-order valence-corrected chi connectivity index (χ4v) is 3.24. The van der Waals surface area contributed by atoms with Gasteiger partial charge in [-0.05, 0) is 36.3 Å². The van der Waals surface area contributed by atoms with Gasteiger partial charge in [0.1, 0.15) is 5.75 Å². The van der Waals surface area contributed by atoms with E-state index in [1.54, 1.807) is 0 Å². The zero-order valence-corrected chi connectivity index (χ0v) is 13.1. The van der Waals surface area contributed by atoms with Crippen LogP contribution in [0, 0.1) is 5.92 Å². The second-order valence-corrected chi connectivity index (χ2v) is 5.74. The fourth-order valence-electron chi connectivity index (χ4n) is 3.24. The number of allylic oxidation sites excluding steroid dienone is 3. The molecule has 0 aromatic heterocycles. The maximum atomic E-state index is 11.3. The molecule has 1 aromatic carbocycles. The third-order valence-corrected chi connectivity index (χ3v) is 4.45. The van der Waals surface area contributed by atoms with E-state index in [2.05, 4.69) is 23.7 Å². The Kier molecular flexibility index (Phi) is 4.29. The van der Waals surface area contributed by atoms with E-state index in [9.17, 15) is 4.79 Å². The first-order valence-corrected chi connectivity index (χ1v) is 7.85.